The third kappa shape index (κ3) is 3.69. The number of rotatable bonds is 4. The number of thioether (sulfide) groups is 1. The van der Waals surface area contributed by atoms with Crippen molar-refractivity contribution in [3.05, 3.63) is 51.6 Å². The van der Waals surface area contributed by atoms with Gasteiger partial charge in [-0.05, 0) is 47.7 Å². The fourth-order valence-electron chi connectivity index (χ4n) is 2.12. The van der Waals surface area contributed by atoms with Crippen LogP contribution in [0.3, 0.4) is 0 Å². The number of imide groups is 1. The molecule has 1 aromatic carbocycles. The third-order valence-corrected chi connectivity index (χ3v) is 5.08. The molecule has 128 valence electrons. The van der Waals surface area contributed by atoms with E-state index in [1.165, 1.54) is 7.05 Å². The first-order valence-electron chi connectivity index (χ1n) is 7.16. The Labute approximate surface area is 157 Å². The number of aromatic nitrogens is 1. The van der Waals surface area contributed by atoms with Crippen LogP contribution in [0.5, 0.6) is 17.2 Å². The zero-order chi connectivity index (χ0) is 18.0. The van der Waals surface area contributed by atoms with Crippen molar-refractivity contribution < 1.29 is 19.1 Å². The SMILES string of the molecule is COc1cc(Br)c(/C=C2\SC(=O)N(C)C2=O)cc1Oc1ccncc1. The summed E-state index contributed by atoms with van der Waals surface area (Å²) >= 11 is 4.36. The van der Waals surface area contributed by atoms with E-state index in [1.807, 2.05) is 0 Å². The molecule has 1 saturated heterocycles. The summed E-state index contributed by atoms with van der Waals surface area (Å²) in [5, 5.41) is -0.297. The predicted molar refractivity (Wildman–Crippen MR) is 98.7 cm³/mol. The zero-order valence-corrected chi connectivity index (χ0v) is 15.8. The minimum atomic E-state index is -0.325. The van der Waals surface area contributed by atoms with Gasteiger partial charge in [-0.1, -0.05) is 15.9 Å². The van der Waals surface area contributed by atoms with Crippen LogP contribution in [0.1, 0.15) is 5.56 Å². The summed E-state index contributed by atoms with van der Waals surface area (Å²) in [5.41, 5.74) is 0.698. The van der Waals surface area contributed by atoms with Gasteiger partial charge in [0.05, 0.1) is 12.0 Å². The van der Waals surface area contributed by atoms with Crippen molar-refractivity contribution in [3.63, 3.8) is 0 Å². The van der Waals surface area contributed by atoms with Crippen LogP contribution in [0, 0.1) is 0 Å². The Hall–Kier alpha value is -2.32. The van der Waals surface area contributed by atoms with Gasteiger partial charge in [0.1, 0.15) is 5.75 Å². The smallest absolute Gasteiger partial charge is 0.293 e. The van der Waals surface area contributed by atoms with Gasteiger partial charge < -0.3 is 9.47 Å². The van der Waals surface area contributed by atoms with Crippen LogP contribution >= 0.6 is 27.7 Å². The molecule has 0 aliphatic carbocycles. The number of hydrogen-bond acceptors (Lipinski definition) is 6. The predicted octanol–water partition coefficient (Wildman–Crippen LogP) is 4.31. The molecule has 2 amide bonds. The van der Waals surface area contributed by atoms with E-state index in [1.54, 1.807) is 49.8 Å². The van der Waals surface area contributed by atoms with Crippen LogP contribution in [0.25, 0.3) is 6.08 Å². The highest BCUT2D eigenvalue weighted by Gasteiger charge is 2.32. The van der Waals surface area contributed by atoms with Gasteiger partial charge in [0.25, 0.3) is 11.1 Å². The monoisotopic (exact) mass is 420 g/mol. The molecule has 2 heterocycles. The van der Waals surface area contributed by atoms with Gasteiger partial charge >= 0.3 is 0 Å². The average molecular weight is 421 g/mol. The maximum Gasteiger partial charge on any atom is 0.293 e. The summed E-state index contributed by atoms with van der Waals surface area (Å²) in [6.07, 6.45) is 4.90. The second-order valence-corrected chi connectivity index (χ2v) is 6.90. The van der Waals surface area contributed by atoms with Gasteiger partial charge in [-0.15, -0.1) is 0 Å². The fourth-order valence-corrected chi connectivity index (χ4v) is 3.38. The Morgan fingerprint density at radius 2 is 1.92 bits per heavy atom. The lowest BCUT2D eigenvalue weighted by Gasteiger charge is -2.12. The van der Waals surface area contributed by atoms with Crippen molar-refractivity contribution >= 4 is 44.9 Å². The second-order valence-electron chi connectivity index (χ2n) is 5.05. The minimum absolute atomic E-state index is 0.297. The first-order valence-corrected chi connectivity index (χ1v) is 8.77. The van der Waals surface area contributed by atoms with Crippen molar-refractivity contribution in [1.29, 1.82) is 0 Å². The van der Waals surface area contributed by atoms with Gasteiger partial charge in [0.15, 0.2) is 11.5 Å². The van der Waals surface area contributed by atoms with Crippen LogP contribution in [0.4, 0.5) is 4.79 Å². The molecule has 3 rings (SSSR count). The summed E-state index contributed by atoms with van der Waals surface area (Å²) in [5.74, 6) is 1.30. The normalized spacial score (nSPS) is 15.8. The van der Waals surface area contributed by atoms with Gasteiger partial charge in [-0.3, -0.25) is 19.5 Å². The topological polar surface area (TPSA) is 68.7 Å². The van der Waals surface area contributed by atoms with Crippen LogP contribution < -0.4 is 9.47 Å². The highest BCUT2D eigenvalue weighted by molar-refractivity contribution is 9.10. The molecule has 8 heteroatoms. The molecular formula is C17H13BrN2O4S. The Morgan fingerprint density at radius 1 is 1.20 bits per heavy atom. The largest absolute Gasteiger partial charge is 0.493 e. The molecule has 0 radical (unpaired) electrons. The van der Waals surface area contributed by atoms with E-state index in [9.17, 15) is 9.59 Å². The summed E-state index contributed by atoms with van der Waals surface area (Å²) in [6.45, 7) is 0. The first kappa shape index (κ1) is 17.5. The Balaban J connectivity index is 1.99. The molecule has 0 N–H and O–H groups in total. The van der Waals surface area contributed by atoms with E-state index >= 15 is 0 Å². The number of carbonyl (C=O) groups excluding carboxylic acids is 2. The number of hydrogen-bond donors (Lipinski definition) is 0. The number of benzene rings is 1. The van der Waals surface area contributed by atoms with E-state index in [0.717, 1.165) is 16.7 Å². The van der Waals surface area contributed by atoms with Gasteiger partial charge in [-0.25, -0.2) is 0 Å². The summed E-state index contributed by atoms with van der Waals surface area (Å²) in [7, 11) is 3.00. The van der Waals surface area contributed by atoms with Crippen LogP contribution in [0.2, 0.25) is 0 Å². The molecular weight excluding hydrogens is 408 g/mol. The van der Waals surface area contributed by atoms with E-state index in [0.29, 0.717) is 32.2 Å². The fraction of sp³-hybridized carbons (Fsp3) is 0.118. The van der Waals surface area contributed by atoms with Crippen LogP contribution in [0.15, 0.2) is 46.0 Å². The van der Waals surface area contributed by atoms with Gasteiger partial charge in [0.2, 0.25) is 0 Å². The molecule has 1 aromatic heterocycles. The first-order chi connectivity index (χ1) is 12.0. The molecule has 0 spiro atoms. The number of halogens is 1. The molecule has 1 fully saturated rings. The van der Waals surface area contributed by atoms with E-state index in [2.05, 4.69) is 20.9 Å². The Morgan fingerprint density at radius 3 is 2.52 bits per heavy atom. The van der Waals surface area contributed by atoms with E-state index < -0.39 is 0 Å². The molecule has 1 aliphatic rings. The van der Waals surface area contributed by atoms with Crippen LogP contribution in [-0.2, 0) is 4.79 Å². The maximum absolute atomic E-state index is 12.1. The molecule has 1 aliphatic heterocycles. The molecule has 6 nitrogen and oxygen atoms in total. The van der Waals surface area contributed by atoms with Crippen molar-refractivity contribution in [2.45, 2.75) is 0 Å². The van der Waals surface area contributed by atoms with Gasteiger partial charge in [0, 0.05) is 23.9 Å². The van der Waals surface area contributed by atoms with Crippen molar-refractivity contribution in [1.82, 2.24) is 9.88 Å². The molecule has 0 atom stereocenters. The van der Waals surface area contributed by atoms with Gasteiger partial charge in [-0.2, -0.15) is 0 Å². The molecule has 25 heavy (non-hydrogen) atoms. The number of likely N-dealkylation sites (N-methyl/N-ethyl adjacent to an activating group) is 1. The molecule has 0 unspecified atom stereocenters. The van der Waals surface area contributed by atoms with E-state index in [-0.39, 0.29) is 11.1 Å². The summed E-state index contributed by atoms with van der Waals surface area (Å²) in [4.78, 5) is 29.1. The number of methoxy groups -OCH3 is 1. The maximum atomic E-state index is 12.1. The van der Waals surface area contributed by atoms with Crippen molar-refractivity contribution in [2.24, 2.45) is 0 Å². The van der Waals surface area contributed by atoms with Crippen LogP contribution in [-0.4, -0.2) is 35.2 Å². The Kier molecular flexibility index (Phi) is 5.10. The third-order valence-electron chi connectivity index (χ3n) is 3.43. The lowest BCUT2D eigenvalue weighted by molar-refractivity contribution is -0.121. The average Bonchev–Trinajstić information content (AvgIpc) is 2.85. The summed E-state index contributed by atoms with van der Waals surface area (Å²) < 4.78 is 11.9. The lowest BCUT2D eigenvalue weighted by atomic mass is 10.2. The zero-order valence-electron chi connectivity index (χ0n) is 13.4. The number of carbonyl (C=O) groups is 2. The highest BCUT2D eigenvalue weighted by Crippen LogP contribution is 2.39. The summed E-state index contributed by atoms with van der Waals surface area (Å²) in [6, 6.07) is 6.94. The molecule has 0 bridgehead atoms. The number of amides is 2. The standard InChI is InChI=1S/C17H13BrN2O4S/c1-20-16(21)15(25-17(20)22)8-10-7-14(13(23-2)9-12(10)18)24-11-3-5-19-6-4-11/h3-9H,1-2H3/b15-8-. The van der Waals surface area contributed by atoms with Crippen molar-refractivity contribution in [2.75, 3.05) is 14.2 Å². The second kappa shape index (κ2) is 7.28. The number of ether oxygens (including phenoxy) is 2. The quantitative estimate of drug-likeness (QED) is 0.686. The Bertz CT molecular complexity index is 870. The van der Waals surface area contributed by atoms with Crippen molar-refractivity contribution in [3.8, 4) is 17.2 Å². The van der Waals surface area contributed by atoms with E-state index in [4.69, 9.17) is 9.47 Å². The number of nitrogens with zero attached hydrogens (tertiary/aromatic N) is 2. The highest BCUT2D eigenvalue weighted by atomic mass is 79.9. The molecule has 2 aromatic rings. The molecule has 0 saturated carbocycles. The minimum Gasteiger partial charge on any atom is -0.493 e. The lowest BCUT2D eigenvalue weighted by Crippen LogP contribution is -2.22. The number of pyridine rings is 1.